The fourth-order valence-electron chi connectivity index (χ4n) is 1.30. The molecule has 0 saturated carbocycles. The highest BCUT2D eigenvalue weighted by atomic mass is 19.1. The van der Waals surface area contributed by atoms with Crippen LogP contribution in [0, 0.1) is 5.92 Å². The molecule has 14 heavy (non-hydrogen) atoms. The van der Waals surface area contributed by atoms with E-state index in [0.717, 1.165) is 24.0 Å². The molecule has 0 aliphatic carbocycles. The van der Waals surface area contributed by atoms with Gasteiger partial charge in [0, 0.05) is 0 Å². The van der Waals surface area contributed by atoms with Crippen LogP contribution in [0.15, 0.2) is 35.7 Å². The van der Waals surface area contributed by atoms with Gasteiger partial charge in [-0.3, -0.25) is 0 Å². The predicted octanol–water partition coefficient (Wildman–Crippen LogP) is 4.80. The molecule has 0 unspecified atom stereocenters. The molecule has 0 aromatic rings. The third kappa shape index (κ3) is 3.91. The second kappa shape index (κ2) is 6.58. The Morgan fingerprint density at radius 1 is 1.29 bits per heavy atom. The molecule has 0 saturated heterocycles. The lowest BCUT2D eigenvalue weighted by Crippen LogP contribution is -1.91. The minimum absolute atomic E-state index is 0.0846. The van der Waals surface area contributed by atoms with Gasteiger partial charge in [-0.2, -0.15) is 0 Å². The lowest BCUT2D eigenvalue weighted by Gasteiger charge is -2.07. The van der Waals surface area contributed by atoms with Gasteiger partial charge in [0.15, 0.2) is 0 Å². The van der Waals surface area contributed by atoms with Crippen LogP contribution >= 0.6 is 0 Å². The van der Waals surface area contributed by atoms with Crippen molar-refractivity contribution < 1.29 is 4.39 Å². The highest BCUT2D eigenvalue weighted by Gasteiger charge is 2.03. The smallest absolute Gasteiger partial charge is 0.122 e. The third-order valence-corrected chi connectivity index (χ3v) is 2.39. The summed E-state index contributed by atoms with van der Waals surface area (Å²) in [4.78, 5) is 0. The van der Waals surface area contributed by atoms with E-state index in [4.69, 9.17) is 0 Å². The Bertz CT molecular complexity index is 238. The maximum Gasteiger partial charge on any atom is 0.122 e. The minimum atomic E-state index is -0.0846. The van der Waals surface area contributed by atoms with Gasteiger partial charge in [-0.25, -0.2) is 4.39 Å². The molecule has 0 atom stereocenters. The molecule has 0 aliphatic heterocycles. The first-order valence-electron chi connectivity index (χ1n) is 5.28. The van der Waals surface area contributed by atoms with Crippen molar-refractivity contribution in [3.8, 4) is 0 Å². The molecular weight excluding hydrogens is 175 g/mol. The molecule has 0 aromatic carbocycles. The van der Waals surface area contributed by atoms with Crippen LogP contribution in [0.3, 0.4) is 0 Å². The first-order valence-corrected chi connectivity index (χ1v) is 5.28. The van der Waals surface area contributed by atoms with Crippen LogP contribution in [0.1, 0.15) is 40.5 Å². The van der Waals surface area contributed by atoms with Gasteiger partial charge in [0.25, 0.3) is 0 Å². The van der Waals surface area contributed by atoms with E-state index in [2.05, 4.69) is 6.58 Å². The van der Waals surface area contributed by atoms with E-state index < -0.39 is 0 Å². The number of rotatable bonds is 5. The van der Waals surface area contributed by atoms with E-state index >= 15 is 0 Å². The molecule has 80 valence electrons. The van der Waals surface area contributed by atoms with E-state index in [1.165, 1.54) is 0 Å². The van der Waals surface area contributed by atoms with Crippen molar-refractivity contribution in [3.63, 3.8) is 0 Å². The largest absolute Gasteiger partial charge is 0.207 e. The zero-order chi connectivity index (χ0) is 11.1. The highest BCUT2D eigenvalue weighted by molar-refractivity contribution is 5.29. The normalized spacial score (nSPS) is 11.7. The lowest BCUT2D eigenvalue weighted by molar-refractivity contribution is 0.634. The molecule has 0 heterocycles. The van der Waals surface area contributed by atoms with E-state index in [9.17, 15) is 4.39 Å². The Morgan fingerprint density at radius 3 is 2.07 bits per heavy atom. The standard InChI is InChI=1S/C13H21F/c1-6-11(7-2)13(14)9-12(8-3)10(4)5/h8-10H,3,6-7H2,1-2,4-5H3/b12-9+. The summed E-state index contributed by atoms with van der Waals surface area (Å²) in [6, 6.07) is 0. The molecule has 0 radical (unpaired) electrons. The molecule has 0 aromatic heterocycles. The second-order valence-corrected chi connectivity index (χ2v) is 3.66. The SMILES string of the molecule is C=C/C(=C\C(F)=C(CC)CC)C(C)C. The van der Waals surface area contributed by atoms with Crippen molar-refractivity contribution in [3.05, 3.63) is 35.7 Å². The summed E-state index contributed by atoms with van der Waals surface area (Å²) in [7, 11) is 0. The minimum Gasteiger partial charge on any atom is -0.207 e. The summed E-state index contributed by atoms with van der Waals surface area (Å²) in [6.07, 6.45) is 4.90. The first-order chi connectivity index (χ1) is 6.56. The maximum absolute atomic E-state index is 13.6. The Balaban J connectivity index is 4.93. The van der Waals surface area contributed by atoms with Crippen molar-refractivity contribution in [1.82, 2.24) is 0 Å². The van der Waals surface area contributed by atoms with Gasteiger partial charge in [-0.15, -0.1) is 0 Å². The summed E-state index contributed by atoms with van der Waals surface area (Å²) < 4.78 is 13.6. The number of halogens is 1. The van der Waals surface area contributed by atoms with Crippen LogP contribution in [0.5, 0.6) is 0 Å². The van der Waals surface area contributed by atoms with Crippen molar-refractivity contribution >= 4 is 0 Å². The first kappa shape index (κ1) is 13.2. The van der Waals surface area contributed by atoms with E-state index in [1.54, 1.807) is 12.2 Å². The van der Waals surface area contributed by atoms with Gasteiger partial charge in [0.1, 0.15) is 5.83 Å². The van der Waals surface area contributed by atoms with Crippen molar-refractivity contribution in [1.29, 1.82) is 0 Å². The zero-order valence-corrected chi connectivity index (χ0v) is 9.73. The Labute approximate surface area is 87.2 Å². The van der Waals surface area contributed by atoms with Gasteiger partial charge in [-0.05, 0) is 36.0 Å². The molecule has 0 amide bonds. The zero-order valence-electron chi connectivity index (χ0n) is 9.73. The molecule has 0 aliphatic rings. The van der Waals surface area contributed by atoms with Gasteiger partial charge in [0.2, 0.25) is 0 Å². The highest BCUT2D eigenvalue weighted by Crippen LogP contribution is 2.20. The molecular formula is C13H21F. The maximum atomic E-state index is 13.6. The summed E-state index contributed by atoms with van der Waals surface area (Å²) in [6.45, 7) is 11.7. The quantitative estimate of drug-likeness (QED) is 0.554. The molecule has 0 nitrogen and oxygen atoms in total. The average Bonchev–Trinajstić information content (AvgIpc) is 2.15. The topological polar surface area (TPSA) is 0 Å². The molecule has 0 rings (SSSR count). The summed E-state index contributed by atoms with van der Waals surface area (Å²) in [5.41, 5.74) is 1.84. The van der Waals surface area contributed by atoms with Crippen molar-refractivity contribution in [2.24, 2.45) is 5.92 Å². The fraction of sp³-hybridized carbons (Fsp3) is 0.538. The lowest BCUT2D eigenvalue weighted by atomic mass is 10.0. The molecule has 0 bridgehead atoms. The van der Waals surface area contributed by atoms with Gasteiger partial charge in [0.05, 0.1) is 0 Å². The van der Waals surface area contributed by atoms with E-state index in [0.29, 0.717) is 5.92 Å². The summed E-state index contributed by atoms with van der Waals surface area (Å²) in [5.74, 6) is 0.242. The number of allylic oxidation sites excluding steroid dienone is 5. The molecule has 0 fully saturated rings. The average molecular weight is 196 g/mol. The van der Waals surface area contributed by atoms with Crippen LogP contribution in [-0.4, -0.2) is 0 Å². The van der Waals surface area contributed by atoms with Crippen molar-refractivity contribution in [2.45, 2.75) is 40.5 Å². The Hall–Kier alpha value is -0.850. The third-order valence-electron chi connectivity index (χ3n) is 2.39. The van der Waals surface area contributed by atoms with Crippen LogP contribution in [-0.2, 0) is 0 Å². The van der Waals surface area contributed by atoms with Gasteiger partial charge < -0.3 is 0 Å². The van der Waals surface area contributed by atoms with E-state index in [-0.39, 0.29) is 5.83 Å². The van der Waals surface area contributed by atoms with Crippen LogP contribution in [0.25, 0.3) is 0 Å². The number of hydrogen-bond donors (Lipinski definition) is 0. The Morgan fingerprint density at radius 2 is 1.79 bits per heavy atom. The summed E-state index contributed by atoms with van der Waals surface area (Å²) >= 11 is 0. The fourth-order valence-corrected chi connectivity index (χ4v) is 1.30. The van der Waals surface area contributed by atoms with Gasteiger partial charge in [-0.1, -0.05) is 40.3 Å². The van der Waals surface area contributed by atoms with Crippen LogP contribution in [0.4, 0.5) is 4.39 Å². The van der Waals surface area contributed by atoms with Crippen LogP contribution in [0.2, 0.25) is 0 Å². The van der Waals surface area contributed by atoms with Crippen molar-refractivity contribution in [2.75, 3.05) is 0 Å². The van der Waals surface area contributed by atoms with Gasteiger partial charge >= 0.3 is 0 Å². The monoisotopic (exact) mass is 196 g/mol. The van der Waals surface area contributed by atoms with E-state index in [1.807, 2.05) is 27.7 Å². The Kier molecular flexibility index (Phi) is 6.18. The molecule has 1 heteroatoms. The molecule has 0 spiro atoms. The molecule has 0 N–H and O–H groups in total. The second-order valence-electron chi connectivity index (χ2n) is 3.66. The van der Waals surface area contributed by atoms with Crippen LogP contribution < -0.4 is 0 Å². The summed E-state index contributed by atoms with van der Waals surface area (Å²) in [5, 5.41) is 0. The number of hydrogen-bond acceptors (Lipinski definition) is 0. The predicted molar refractivity (Wildman–Crippen MR) is 61.8 cm³/mol.